The lowest BCUT2D eigenvalue weighted by Gasteiger charge is -2.26. The van der Waals surface area contributed by atoms with Gasteiger partial charge in [0.15, 0.2) is 0 Å². The molecule has 4 nitrogen and oxygen atoms in total. The fourth-order valence-corrected chi connectivity index (χ4v) is 5.93. The highest BCUT2D eigenvalue weighted by Gasteiger charge is 2.25. The van der Waals surface area contributed by atoms with E-state index < -0.39 is 0 Å². The monoisotopic (exact) mass is 574 g/mol. The molecule has 0 atom stereocenters. The van der Waals surface area contributed by atoms with Crippen molar-refractivity contribution in [2.75, 3.05) is 0 Å². The lowest BCUT2D eigenvalue weighted by molar-refractivity contribution is 0.398. The first kappa shape index (κ1) is 33.9. The molecule has 0 amide bonds. The molecule has 2 aromatic rings. The fraction of sp³-hybridized carbons (Fsp3) is 0.632. The Labute approximate surface area is 256 Å². The fourth-order valence-electron chi connectivity index (χ4n) is 5.93. The molecule has 0 spiro atoms. The van der Waals surface area contributed by atoms with Gasteiger partial charge < -0.3 is 10.2 Å². The second-order valence-corrected chi connectivity index (χ2v) is 17.2. The van der Waals surface area contributed by atoms with Crippen molar-refractivity contribution in [3.8, 4) is 11.5 Å². The number of rotatable bonds is 6. The van der Waals surface area contributed by atoms with Gasteiger partial charge in [-0.3, -0.25) is 9.98 Å². The first-order chi connectivity index (χ1) is 19.1. The van der Waals surface area contributed by atoms with Crippen molar-refractivity contribution in [2.24, 2.45) is 20.8 Å². The van der Waals surface area contributed by atoms with Crippen LogP contribution in [0.5, 0.6) is 11.5 Å². The smallest absolute Gasteiger partial charge is 0.128 e. The first-order valence-electron chi connectivity index (χ1n) is 15.9. The number of phenols is 2. The summed E-state index contributed by atoms with van der Waals surface area (Å²) in [6, 6.07) is 9.03. The van der Waals surface area contributed by atoms with Crippen molar-refractivity contribution < 1.29 is 10.2 Å². The Balaban J connectivity index is 1.75. The van der Waals surface area contributed by atoms with Gasteiger partial charge in [-0.2, -0.15) is 0 Å². The molecule has 0 aromatic heterocycles. The average molecular weight is 575 g/mol. The summed E-state index contributed by atoms with van der Waals surface area (Å²) in [6.45, 7) is 26.4. The summed E-state index contributed by atoms with van der Waals surface area (Å²) in [5, 5.41) is 22.3. The van der Waals surface area contributed by atoms with Crippen LogP contribution in [0, 0.1) is 10.8 Å². The molecule has 1 fully saturated rings. The van der Waals surface area contributed by atoms with E-state index in [1.165, 1.54) is 11.1 Å². The van der Waals surface area contributed by atoms with Gasteiger partial charge in [-0.25, -0.2) is 0 Å². The van der Waals surface area contributed by atoms with Crippen molar-refractivity contribution in [3.05, 3.63) is 57.6 Å². The maximum atomic E-state index is 11.1. The van der Waals surface area contributed by atoms with E-state index in [1.807, 2.05) is 12.4 Å². The summed E-state index contributed by atoms with van der Waals surface area (Å²) in [5.41, 5.74) is 6.13. The lowest BCUT2D eigenvalue weighted by atomic mass is 9.81. The van der Waals surface area contributed by atoms with Crippen LogP contribution in [0.2, 0.25) is 0 Å². The van der Waals surface area contributed by atoms with E-state index in [2.05, 4.69) is 107 Å². The molecule has 232 valence electrons. The molecule has 0 radical (unpaired) electrons. The Bertz CT molecular complexity index is 1180. The van der Waals surface area contributed by atoms with Crippen LogP contribution in [0.4, 0.5) is 0 Å². The van der Waals surface area contributed by atoms with Gasteiger partial charge >= 0.3 is 0 Å². The van der Waals surface area contributed by atoms with Crippen molar-refractivity contribution in [1.82, 2.24) is 0 Å². The molecule has 42 heavy (non-hydrogen) atoms. The van der Waals surface area contributed by atoms with Crippen LogP contribution in [0.25, 0.3) is 0 Å². The average Bonchev–Trinajstić information content (AvgIpc) is 2.81. The minimum atomic E-state index is -0.148. The molecule has 1 saturated carbocycles. The summed E-state index contributed by atoms with van der Waals surface area (Å²) >= 11 is 0. The predicted octanol–water partition coefficient (Wildman–Crippen LogP) is 9.72. The maximum Gasteiger partial charge on any atom is 0.128 e. The molecule has 0 heterocycles. The highest BCUT2D eigenvalue weighted by Crippen LogP contribution is 2.37. The minimum absolute atomic E-state index is 0.148. The van der Waals surface area contributed by atoms with Gasteiger partial charge in [0.05, 0.1) is 12.1 Å². The van der Waals surface area contributed by atoms with Crippen molar-refractivity contribution in [2.45, 2.75) is 145 Å². The zero-order valence-electron chi connectivity index (χ0n) is 28.7. The van der Waals surface area contributed by atoms with E-state index >= 15 is 0 Å². The van der Waals surface area contributed by atoms with Crippen molar-refractivity contribution in [1.29, 1.82) is 0 Å². The highest BCUT2D eigenvalue weighted by atomic mass is 16.3. The number of hydrogen-bond donors (Lipinski definition) is 2. The Morgan fingerprint density at radius 1 is 0.571 bits per heavy atom. The lowest BCUT2D eigenvalue weighted by Crippen LogP contribution is -2.20. The molecule has 2 aromatic carbocycles. The number of aliphatic imine (C=N–C) groups is 2. The largest absolute Gasteiger partial charge is 0.507 e. The molecule has 0 unspecified atom stereocenters. The second-order valence-electron chi connectivity index (χ2n) is 17.2. The van der Waals surface area contributed by atoms with Gasteiger partial charge in [0.1, 0.15) is 11.5 Å². The molecule has 4 heteroatoms. The predicted molar refractivity (Wildman–Crippen MR) is 181 cm³/mol. The standard InChI is InChI=1S/C38H58N2O2/c1-35(2,3)21-25-17-27(33(41)31(19-25)37(7,8)9)23-39-29-13-15-30(16-14-29)40-24-28-18-26(22-36(4,5)6)20-32(34(28)42)38(10,11)12/h17-20,23-24,29-30,41-42H,13-16,21-22H2,1-12H3. The molecule has 3 rings (SSSR count). The topological polar surface area (TPSA) is 65.2 Å². The van der Waals surface area contributed by atoms with Gasteiger partial charge in [-0.15, -0.1) is 0 Å². The highest BCUT2D eigenvalue weighted by molar-refractivity contribution is 5.85. The van der Waals surface area contributed by atoms with Crippen LogP contribution in [0.1, 0.15) is 142 Å². The zero-order chi connectivity index (χ0) is 31.7. The van der Waals surface area contributed by atoms with E-state index in [-0.39, 0.29) is 33.7 Å². The normalized spacial score (nSPS) is 19.2. The third-order valence-corrected chi connectivity index (χ3v) is 8.00. The molecular formula is C38H58N2O2. The quantitative estimate of drug-likeness (QED) is 0.337. The minimum Gasteiger partial charge on any atom is -0.507 e. The van der Waals surface area contributed by atoms with Crippen molar-refractivity contribution in [3.63, 3.8) is 0 Å². The van der Waals surface area contributed by atoms with Gasteiger partial charge in [0, 0.05) is 34.7 Å². The molecule has 0 saturated heterocycles. The van der Waals surface area contributed by atoms with Gasteiger partial charge in [0.2, 0.25) is 0 Å². The van der Waals surface area contributed by atoms with Crippen LogP contribution < -0.4 is 0 Å². The van der Waals surface area contributed by atoms with E-state index in [0.29, 0.717) is 11.5 Å². The Morgan fingerprint density at radius 2 is 0.881 bits per heavy atom. The van der Waals surface area contributed by atoms with Crippen molar-refractivity contribution >= 4 is 12.4 Å². The van der Waals surface area contributed by atoms with Crippen LogP contribution in [-0.2, 0) is 23.7 Å². The number of hydrogen-bond acceptors (Lipinski definition) is 4. The molecule has 0 bridgehead atoms. The van der Waals surface area contributed by atoms with Crippen LogP contribution >= 0.6 is 0 Å². The van der Waals surface area contributed by atoms with Gasteiger partial charge in [-0.1, -0.05) is 95.2 Å². The summed E-state index contributed by atoms with van der Waals surface area (Å²) in [6.07, 6.45) is 9.58. The summed E-state index contributed by atoms with van der Waals surface area (Å²) in [7, 11) is 0. The number of nitrogens with zero attached hydrogens (tertiary/aromatic N) is 2. The van der Waals surface area contributed by atoms with Crippen LogP contribution in [-0.4, -0.2) is 34.7 Å². The van der Waals surface area contributed by atoms with Crippen LogP contribution in [0.3, 0.4) is 0 Å². The summed E-state index contributed by atoms with van der Waals surface area (Å²) < 4.78 is 0. The molecule has 1 aliphatic rings. The molecule has 0 aliphatic heterocycles. The maximum absolute atomic E-state index is 11.1. The summed E-state index contributed by atoms with van der Waals surface area (Å²) in [5.74, 6) is 0.704. The number of benzene rings is 2. The van der Waals surface area contributed by atoms with E-state index in [4.69, 9.17) is 9.98 Å². The van der Waals surface area contributed by atoms with Crippen LogP contribution in [0.15, 0.2) is 34.3 Å². The first-order valence-corrected chi connectivity index (χ1v) is 15.9. The third kappa shape index (κ3) is 9.71. The third-order valence-electron chi connectivity index (χ3n) is 8.00. The van der Waals surface area contributed by atoms with Gasteiger partial charge in [-0.05, 0) is 83.4 Å². The molecule has 2 N–H and O–H groups in total. The van der Waals surface area contributed by atoms with E-state index in [1.54, 1.807) is 0 Å². The van der Waals surface area contributed by atoms with E-state index in [0.717, 1.165) is 60.8 Å². The molecular weight excluding hydrogens is 516 g/mol. The Morgan fingerprint density at radius 3 is 1.14 bits per heavy atom. The zero-order valence-corrected chi connectivity index (χ0v) is 28.7. The number of aromatic hydroxyl groups is 2. The Kier molecular flexibility index (Phi) is 10.1. The van der Waals surface area contributed by atoms with Gasteiger partial charge in [0.25, 0.3) is 0 Å². The van der Waals surface area contributed by atoms with E-state index in [9.17, 15) is 10.2 Å². The summed E-state index contributed by atoms with van der Waals surface area (Å²) in [4.78, 5) is 9.90. The Hall–Kier alpha value is -2.62. The second kappa shape index (κ2) is 12.5. The number of phenolic OH excluding ortho intramolecular Hbond substituents is 2. The molecule has 1 aliphatic carbocycles. The SMILES string of the molecule is CC(C)(C)Cc1cc(C=NC2CCC(N=Cc3cc(CC(C)(C)C)cc(C(C)(C)C)c3O)CC2)c(O)c(C(C)(C)C)c1.